The van der Waals surface area contributed by atoms with Gasteiger partial charge in [-0.05, 0) is 6.42 Å². The smallest absolute Gasteiger partial charge is 0.317 e. The number of carboxylic acid groups (broad SMARTS) is 1. The Balaban J connectivity index is 2.52. The van der Waals surface area contributed by atoms with Crippen molar-refractivity contribution in [1.29, 1.82) is 5.26 Å². The molecule has 7 heteroatoms. The molecule has 6 nitrogen and oxygen atoms in total. The average Bonchev–Trinajstić information content (AvgIpc) is 2.52. The molecule has 1 heterocycles. The lowest BCUT2D eigenvalue weighted by Crippen LogP contribution is -2.19. The van der Waals surface area contributed by atoms with E-state index in [2.05, 4.69) is 9.97 Å². The Bertz CT molecular complexity index is 781. The number of nitrogens with zero attached hydrogens (tertiary/aromatic N) is 2. The van der Waals surface area contributed by atoms with Crippen LogP contribution in [-0.2, 0) is 4.79 Å². The third-order valence-corrected chi connectivity index (χ3v) is 4.19. The molecule has 2 aromatic rings. The summed E-state index contributed by atoms with van der Waals surface area (Å²) in [6, 6.07) is 10.7. The van der Waals surface area contributed by atoms with Crippen molar-refractivity contribution in [3.8, 4) is 17.3 Å². The van der Waals surface area contributed by atoms with Gasteiger partial charge in [-0.2, -0.15) is 5.26 Å². The molecule has 0 aliphatic rings. The highest BCUT2D eigenvalue weighted by Gasteiger charge is 2.20. The fraction of sp³-hybridized carbons (Fsp3) is 0.200. The molecule has 22 heavy (non-hydrogen) atoms. The van der Waals surface area contributed by atoms with Crippen LogP contribution in [0.3, 0.4) is 0 Å². The zero-order valence-corrected chi connectivity index (χ0v) is 12.6. The Kier molecular flexibility index (Phi) is 4.96. The highest BCUT2D eigenvalue weighted by atomic mass is 32.2. The van der Waals surface area contributed by atoms with Crippen LogP contribution in [0.5, 0.6) is 0 Å². The normalized spacial score (nSPS) is 11.6. The van der Waals surface area contributed by atoms with E-state index in [0.717, 1.165) is 11.8 Å². The van der Waals surface area contributed by atoms with E-state index >= 15 is 0 Å². The molecule has 2 N–H and O–H groups in total. The summed E-state index contributed by atoms with van der Waals surface area (Å²) < 4.78 is 0. The third-order valence-electron chi connectivity index (χ3n) is 2.96. The van der Waals surface area contributed by atoms with Crippen LogP contribution in [0.1, 0.15) is 18.9 Å². The first-order valence-electron chi connectivity index (χ1n) is 6.56. The van der Waals surface area contributed by atoms with Crippen molar-refractivity contribution in [3.05, 3.63) is 46.2 Å². The zero-order chi connectivity index (χ0) is 16.1. The third kappa shape index (κ3) is 3.35. The molecule has 1 aromatic carbocycles. The first-order valence-corrected chi connectivity index (χ1v) is 7.44. The lowest BCUT2D eigenvalue weighted by molar-refractivity contribution is -0.136. The number of nitriles is 1. The SMILES string of the molecule is CCC(Sc1nc(-c2ccccc2)c(C#N)c(=O)[nH]1)C(=O)O. The highest BCUT2D eigenvalue weighted by Crippen LogP contribution is 2.25. The van der Waals surface area contributed by atoms with Crippen molar-refractivity contribution >= 4 is 17.7 Å². The van der Waals surface area contributed by atoms with E-state index in [1.165, 1.54) is 0 Å². The minimum atomic E-state index is -0.972. The summed E-state index contributed by atoms with van der Waals surface area (Å²) >= 11 is 0.963. The summed E-state index contributed by atoms with van der Waals surface area (Å²) in [6.45, 7) is 1.74. The first-order chi connectivity index (χ1) is 10.6. The van der Waals surface area contributed by atoms with Crippen LogP contribution in [0.4, 0.5) is 0 Å². The maximum absolute atomic E-state index is 12.0. The molecule has 0 aliphatic heterocycles. The second-order valence-electron chi connectivity index (χ2n) is 4.43. The number of carbonyl (C=O) groups is 1. The van der Waals surface area contributed by atoms with Crippen LogP contribution >= 0.6 is 11.8 Å². The minimum Gasteiger partial charge on any atom is -0.480 e. The average molecular weight is 315 g/mol. The number of rotatable bonds is 5. The van der Waals surface area contributed by atoms with Crippen molar-refractivity contribution < 1.29 is 9.90 Å². The molecular formula is C15H13N3O3S. The van der Waals surface area contributed by atoms with Gasteiger partial charge in [-0.1, -0.05) is 49.0 Å². The van der Waals surface area contributed by atoms with Crippen LogP contribution in [0.15, 0.2) is 40.3 Å². The predicted molar refractivity (Wildman–Crippen MR) is 82.6 cm³/mol. The lowest BCUT2D eigenvalue weighted by Gasteiger charge is -2.10. The van der Waals surface area contributed by atoms with E-state index in [9.17, 15) is 9.59 Å². The molecule has 1 unspecified atom stereocenters. The fourth-order valence-electron chi connectivity index (χ4n) is 1.86. The Hall–Kier alpha value is -2.59. The quantitative estimate of drug-likeness (QED) is 0.647. The molecule has 0 amide bonds. The van der Waals surface area contributed by atoms with Gasteiger partial charge in [0, 0.05) is 5.56 Å². The van der Waals surface area contributed by atoms with Crippen molar-refractivity contribution in [2.45, 2.75) is 23.8 Å². The Labute approximate surface area is 130 Å². The van der Waals surface area contributed by atoms with Gasteiger partial charge >= 0.3 is 5.97 Å². The highest BCUT2D eigenvalue weighted by molar-refractivity contribution is 8.00. The predicted octanol–water partition coefficient (Wildman–Crippen LogP) is 2.26. The Morgan fingerprint density at radius 2 is 2.14 bits per heavy atom. The maximum atomic E-state index is 12.0. The number of hydrogen-bond donors (Lipinski definition) is 2. The second kappa shape index (κ2) is 6.91. The number of aliphatic carboxylic acids is 1. The van der Waals surface area contributed by atoms with Crippen LogP contribution in [0.2, 0.25) is 0 Å². The summed E-state index contributed by atoms with van der Waals surface area (Å²) in [7, 11) is 0. The molecule has 0 aliphatic carbocycles. The van der Waals surface area contributed by atoms with Gasteiger partial charge in [0.15, 0.2) is 5.16 Å². The van der Waals surface area contributed by atoms with Crippen molar-refractivity contribution in [3.63, 3.8) is 0 Å². The number of H-pyrrole nitrogens is 1. The van der Waals surface area contributed by atoms with Gasteiger partial charge in [0.05, 0.1) is 5.69 Å². The van der Waals surface area contributed by atoms with E-state index in [-0.39, 0.29) is 16.4 Å². The number of carboxylic acids is 1. The van der Waals surface area contributed by atoms with Gasteiger partial charge in [0.2, 0.25) is 0 Å². The molecule has 0 spiro atoms. The summed E-state index contributed by atoms with van der Waals surface area (Å²) in [6.07, 6.45) is 0.393. The van der Waals surface area contributed by atoms with Crippen LogP contribution in [-0.4, -0.2) is 26.3 Å². The lowest BCUT2D eigenvalue weighted by atomic mass is 10.1. The molecule has 0 saturated heterocycles. The van der Waals surface area contributed by atoms with Crippen molar-refractivity contribution in [1.82, 2.24) is 9.97 Å². The van der Waals surface area contributed by atoms with Crippen LogP contribution in [0.25, 0.3) is 11.3 Å². The number of aromatic nitrogens is 2. The molecule has 112 valence electrons. The van der Waals surface area contributed by atoms with Crippen molar-refractivity contribution in [2.24, 2.45) is 0 Å². The summed E-state index contributed by atoms with van der Waals surface area (Å²) in [5.41, 5.74) is 0.239. The van der Waals surface area contributed by atoms with E-state index in [1.54, 1.807) is 31.2 Å². The number of benzene rings is 1. The van der Waals surface area contributed by atoms with Crippen molar-refractivity contribution in [2.75, 3.05) is 0 Å². The molecular weight excluding hydrogens is 302 g/mol. The fourth-order valence-corrected chi connectivity index (χ4v) is 2.69. The molecule has 1 atom stereocenters. The second-order valence-corrected chi connectivity index (χ2v) is 5.62. The van der Waals surface area contributed by atoms with Gasteiger partial charge in [-0.25, -0.2) is 4.98 Å². The summed E-state index contributed by atoms with van der Waals surface area (Å²) in [4.78, 5) is 29.9. The zero-order valence-electron chi connectivity index (χ0n) is 11.7. The van der Waals surface area contributed by atoms with E-state index in [4.69, 9.17) is 10.4 Å². The standard InChI is InChI=1S/C15H13N3O3S/c1-2-11(14(20)21)22-15-17-12(9-6-4-3-5-7-9)10(8-16)13(19)18-15/h3-7,11H,2H2,1H3,(H,20,21)(H,17,18,19). The number of thioether (sulfide) groups is 1. The molecule has 0 bridgehead atoms. The molecule has 0 saturated carbocycles. The van der Waals surface area contributed by atoms with E-state index in [0.29, 0.717) is 12.0 Å². The maximum Gasteiger partial charge on any atom is 0.317 e. The van der Waals surface area contributed by atoms with Gasteiger partial charge in [-0.3, -0.25) is 9.59 Å². The number of nitrogens with one attached hydrogen (secondary N) is 1. The van der Waals surface area contributed by atoms with E-state index in [1.807, 2.05) is 12.1 Å². The number of aromatic amines is 1. The Morgan fingerprint density at radius 3 is 2.68 bits per heavy atom. The number of hydrogen-bond acceptors (Lipinski definition) is 5. The van der Waals surface area contributed by atoms with Gasteiger partial charge < -0.3 is 10.1 Å². The summed E-state index contributed by atoms with van der Waals surface area (Å²) in [5.74, 6) is -0.972. The van der Waals surface area contributed by atoms with Crippen LogP contribution < -0.4 is 5.56 Å². The molecule has 0 radical (unpaired) electrons. The monoisotopic (exact) mass is 315 g/mol. The minimum absolute atomic E-state index is 0.0843. The molecule has 2 rings (SSSR count). The largest absolute Gasteiger partial charge is 0.480 e. The summed E-state index contributed by atoms with van der Waals surface area (Å²) in [5, 5.41) is 17.7. The Morgan fingerprint density at radius 1 is 1.45 bits per heavy atom. The van der Waals surface area contributed by atoms with Gasteiger partial charge in [0.25, 0.3) is 5.56 Å². The van der Waals surface area contributed by atoms with Crippen LogP contribution in [0, 0.1) is 11.3 Å². The first kappa shape index (κ1) is 15.8. The topological polar surface area (TPSA) is 107 Å². The molecule has 0 fully saturated rings. The molecule has 1 aromatic heterocycles. The van der Waals surface area contributed by atoms with E-state index < -0.39 is 16.8 Å². The van der Waals surface area contributed by atoms with Gasteiger partial charge in [0.1, 0.15) is 16.9 Å². The van der Waals surface area contributed by atoms with Gasteiger partial charge in [-0.15, -0.1) is 0 Å².